The molecule has 1 fully saturated rings. The number of aliphatic carboxylic acids is 1. The van der Waals surface area contributed by atoms with Crippen molar-refractivity contribution in [2.75, 3.05) is 0 Å². The van der Waals surface area contributed by atoms with Crippen molar-refractivity contribution >= 4 is 17.3 Å². The van der Waals surface area contributed by atoms with E-state index in [9.17, 15) is 4.79 Å². The van der Waals surface area contributed by atoms with E-state index in [1.165, 1.54) is 24.2 Å². The topological polar surface area (TPSA) is 58.6 Å². The molecule has 0 unspecified atom stereocenters. The second-order valence-electron chi connectivity index (χ2n) is 4.28. The molecule has 0 aromatic carbocycles. The molecule has 0 saturated heterocycles. The van der Waals surface area contributed by atoms with E-state index in [0.717, 1.165) is 22.6 Å². The minimum absolute atomic E-state index is 0.105. The Kier molecular flexibility index (Phi) is 4.53. The van der Waals surface area contributed by atoms with Crippen molar-refractivity contribution in [1.29, 1.82) is 0 Å². The lowest BCUT2D eigenvalue weighted by molar-refractivity contribution is -0.136. The number of rotatable bonds is 6. The van der Waals surface area contributed by atoms with Crippen LogP contribution in [0.4, 0.5) is 0 Å². The van der Waals surface area contributed by atoms with Crippen molar-refractivity contribution < 1.29 is 14.7 Å². The molecule has 94 valence electrons. The van der Waals surface area contributed by atoms with Crippen molar-refractivity contribution in [3.8, 4) is 0 Å². The third kappa shape index (κ3) is 4.11. The SMILES string of the molecule is O=C(O)Cc1ccc(CNOC2CCCC2)s1. The molecule has 0 aliphatic heterocycles. The van der Waals surface area contributed by atoms with E-state index in [1.54, 1.807) is 0 Å². The third-order valence-corrected chi connectivity index (χ3v) is 3.93. The minimum atomic E-state index is -0.784. The number of nitrogens with one attached hydrogen (secondary N) is 1. The Labute approximate surface area is 105 Å². The number of thiophene rings is 1. The van der Waals surface area contributed by atoms with E-state index < -0.39 is 5.97 Å². The van der Waals surface area contributed by atoms with Gasteiger partial charge in [0.1, 0.15) is 0 Å². The molecule has 4 nitrogen and oxygen atoms in total. The highest BCUT2D eigenvalue weighted by atomic mass is 32.1. The number of carboxylic acid groups (broad SMARTS) is 1. The molecule has 0 atom stereocenters. The van der Waals surface area contributed by atoms with Crippen LogP contribution in [0.1, 0.15) is 35.4 Å². The highest BCUT2D eigenvalue weighted by molar-refractivity contribution is 7.12. The molecule has 2 rings (SSSR count). The molecule has 0 spiro atoms. The first-order chi connectivity index (χ1) is 8.24. The molecule has 0 bridgehead atoms. The van der Waals surface area contributed by atoms with Gasteiger partial charge >= 0.3 is 5.97 Å². The maximum absolute atomic E-state index is 10.5. The van der Waals surface area contributed by atoms with Crippen LogP contribution < -0.4 is 5.48 Å². The summed E-state index contributed by atoms with van der Waals surface area (Å²) in [6.07, 6.45) is 5.26. The van der Waals surface area contributed by atoms with Gasteiger partial charge in [0.25, 0.3) is 0 Å². The molecule has 1 aliphatic rings. The normalized spacial score (nSPS) is 16.5. The fourth-order valence-corrected chi connectivity index (χ4v) is 2.93. The monoisotopic (exact) mass is 255 g/mol. The van der Waals surface area contributed by atoms with E-state index in [4.69, 9.17) is 9.94 Å². The molecule has 0 amide bonds. The zero-order valence-electron chi connectivity index (χ0n) is 9.65. The van der Waals surface area contributed by atoms with Crippen LogP contribution in [0.25, 0.3) is 0 Å². The van der Waals surface area contributed by atoms with Gasteiger partial charge in [0.05, 0.1) is 19.1 Å². The summed E-state index contributed by atoms with van der Waals surface area (Å²) in [7, 11) is 0. The molecular weight excluding hydrogens is 238 g/mol. The molecule has 17 heavy (non-hydrogen) atoms. The zero-order chi connectivity index (χ0) is 12.1. The number of carboxylic acids is 1. The average Bonchev–Trinajstić information content (AvgIpc) is 2.89. The van der Waals surface area contributed by atoms with Gasteiger partial charge in [0.2, 0.25) is 0 Å². The molecular formula is C12H17NO3S. The van der Waals surface area contributed by atoms with Gasteiger partial charge in [-0.05, 0) is 25.0 Å². The molecule has 1 heterocycles. The first-order valence-electron chi connectivity index (χ1n) is 5.92. The van der Waals surface area contributed by atoms with Crippen LogP contribution in [-0.2, 0) is 22.6 Å². The van der Waals surface area contributed by atoms with Crippen LogP contribution in [0.3, 0.4) is 0 Å². The largest absolute Gasteiger partial charge is 0.481 e. The Morgan fingerprint density at radius 3 is 2.82 bits per heavy atom. The molecule has 0 radical (unpaired) electrons. The van der Waals surface area contributed by atoms with Crippen LogP contribution >= 0.6 is 11.3 Å². The van der Waals surface area contributed by atoms with E-state index in [2.05, 4.69) is 5.48 Å². The summed E-state index contributed by atoms with van der Waals surface area (Å²) in [6.45, 7) is 0.654. The van der Waals surface area contributed by atoms with E-state index >= 15 is 0 Å². The van der Waals surface area contributed by atoms with Crippen LogP contribution in [0.5, 0.6) is 0 Å². The lowest BCUT2D eigenvalue weighted by Crippen LogP contribution is -2.20. The Balaban J connectivity index is 1.71. The maximum Gasteiger partial charge on any atom is 0.308 e. The van der Waals surface area contributed by atoms with Crippen molar-refractivity contribution in [1.82, 2.24) is 5.48 Å². The summed E-state index contributed by atoms with van der Waals surface area (Å²) in [5.41, 5.74) is 2.97. The smallest absolute Gasteiger partial charge is 0.308 e. The second-order valence-corrected chi connectivity index (χ2v) is 5.54. The summed E-state index contributed by atoms with van der Waals surface area (Å²) in [6, 6.07) is 3.82. The average molecular weight is 255 g/mol. The summed E-state index contributed by atoms with van der Waals surface area (Å²) >= 11 is 1.52. The second kappa shape index (κ2) is 6.14. The number of hydrogen-bond acceptors (Lipinski definition) is 4. The van der Waals surface area contributed by atoms with Crippen LogP contribution in [-0.4, -0.2) is 17.2 Å². The van der Waals surface area contributed by atoms with Crippen molar-refractivity contribution in [2.24, 2.45) is 0 Å². The molecule has 1 aliphatic carbocycles. The van der Waals surface area contributed by atoms with Gasteiger partial charge in [0, 0.05) is 9.75 Å². The zero-order valence-corrected chi connectivity index (χ0v) is 10.5. The predicted octanol–water partition coefficient (Wildman–Crippen LogP) is 2.34. The molecule has 1 saturated carbocycles. The van der Waals surface area contributed by atoms with Gasteiger partial charge in [-0.1, -0.05) is 12.8 Å². The lowest BCUT2D eigenvalue weighted by atomic mass is 10.3. The quantitative estimate of drug-likeness (QED) is 0.766. The van der Waals surface area contributed by atoms with Gasteiger partial charge in [-0.2, -0.15) is 5.48 Å². The van der Waals surface area contributed by atoms with Crippen LogP contribution in [0.2, 0.25) is 0 Å². The molecule has 5 heteroatoms. The molecule has 1 aromatic rings. The van der Waals surface area contributed by atoms with Gasteiger partial charge in [-0.25, -0.2) is 0 Å². The van der Waals surface area contributed by atoms with Crippen molar-refractivity contribution in [3.05, 3.63) is 21.9 Å². The van der Waals surface area contributed by atoms with Gasteiger partial charge in [-0.15, -0.1) is 11.3 Å². The van der Waals surface area contributed by atoms with Gasteiger partial charge in [-0.3, -0.25) is 9.63 Å². The Morgan fingerprint density at radius 2 is 2.12 bits per heavy atom. The standard InChI is InChI=1S/C12H17NO3S/c14-12(15)7-10-5-6-11(17-10)8-13-16-9-3-1-2-4-9/h5-6,9,13H,1-4,7-8H2,(H,14,15). The number of hydrogen-bond donors (Lipinski definition) is 2. The lowest BCUT2D eigenvalue weighted by Gasteiger charge is -2.10. The molecule has 2 N–H and O–H groups in total. The maximum atomic E-state index is 10.5. The molecule has 1 aromatic heterocycles. The first kappa shape index (κ1) is 12.5. The van der Waals surface area contributed by atoms with Crippen molar-refractivity contribution in [2.45, 2.75) is 44.8 Å². The predicted molar refractivity (Wildman–Crippen MR) is 65.8 cm³/mol. The van der Waals surface area contributed by atoms with E-state index in [-0.39, 0.29) is 6.42 Å². The minimum Gasteiger partial charge on any atom is -0.481 e. The Bertz CT molecular complexity index is 372. The first-order valence-corrected chi connectivity index (χ1v) is 6.73. The van der Waals surface area contributed by atoms with Crippen LogP contribution in [0.15, 0.2) is 12.1 Å². The fraction of sp³-hybridized carbons (Fsp3) is 0.583. The number of hydroxylamine groups is 1. The van der Waals surface area contributed by atoms with E-state index in [1.807, 2.05) is 12.1 Å². The number of carbonyl (C=O) groups is 1. The van der Waals surface area contributed by atoms with Gasteiger partial charge in [0.15, 0.2) is 0 Å². The van der Waals surface area contributed by atoms with Crippen molar-refractivity contribution in [3.63, 3.8) is 0 Å². The Morgan fingerprint density at radius 1 is 1.41 bits per heavy atom. The summed E-state index contributed by atoms with van der Waals surface area (Å²) in [5, 5.41) is 8.66. The summed E-state index contributed by atoms with van der Waals surface area (Å²) < 4.78 is 0. The Hall–Kier alpha value is -0.910. The highest BCUT2D eigenvalue weighted by Gasteiger charge is 2.15. The van der Waals surface area contributed by atoms with Crippen LogP contribution in [0, 0.1) is 0 Å². The fourth-order valence-electron chi connectivity index (χ4n) is 2.00. The highest BCUT2D eigenvalue weighted by Crippen LogP contribution is 2.21. The van der Waals surface area contributed by atoms with E-state index in [0.29, 0.717) is 12.6 Å². The summed E-state index contributed by atoms with van der Waals surface area (Å²) in [5.74, 6) is -0.784. The third-order valence-electron chi connectivity index (χ3n) is 2.84. The van der Waals surface area contributed by atoms with Gasteiger partial charge < -0.3 is 5.11 Å². The summed E-state index contributed by atoms with van der Waals surface area (Å²) in [4.78, 5) is 18.1.